The van der Waals surface area contributed by atoms with Gasteiger partial charge >= 0.3 is 0 Å². The van der Waals surface area contributed by atoms with E-state index in [1.807, 2.05) is 30.3 Å². The molecule has 0 amide bonds. The Morgan fingerprint density at radius 2 is 2.04 bits per heavy atom. The van der Waals surface area contributed by atoms with Crippen molar-refractivity contribution >= 4 is 11.9 Å². The molecule has 0 spiro atoms. The summed E-state index contributed by atoms with van der Waals surface area (Å²) in [6.07, 6.45) is 2.52. The largest absolute Gasteiger partial charge is 0.480 e. The number of hydrogen-bond donors (Lipinski definition) is 0. The van der Waals surface area contributed by atoms with Crippen LogP contribution in [0.15, 0.2) is 60.1 Å². The maximum Gasteiger partial charge on any atom is 0.235 e. The number of carbonyl (C=O) groups excluding carboxylic acids is 2. The van der Waals surface area contributed by atoms with Crippen LogP contribution in [0.4, 0.5) is 0 Å². The Bertz CT molecular complexity index is 819. The molecule has 1 atom stereocenters. The Morgan fingerprint density at radius 3 is 2.83 bits per heavy atom. The van der Waals surface area contributed by atoms with E-state index in [1.165, 1.54) is 23.3 Å². The van der Waals surface area contributed by atoms with E-state index in [-0.39, 0.29) is 12.3 Å². The molecule has 4 nitrogen and oxygen atoms in total. The fourth-order valence-corrected chi connectivity index (χ4v) is 2.83. The number of fused-ring (bicyclic) bond motifs is 3. The maximum atomic E-state index is 11.9. The Morgan fingerprint density at radius 1 is 1.26 bits per heavy atom. The maximum absolute atomic E-state index is 11.9. The first-order valence-corrected chi connectivity index (χ1v) is 7.31. The van der Waals surface area contributed by atoms with Gasteiger partial charge in [-0.3, -0.25) is 4.79 Å². The van der Waals surface area contributed by atoms with Crippen molar-refractivity contribution in [1.29, 1.82) is 0 Å². The predicted molar refractivity (Wildman–Crippen MR) is 87.3 cm³/mol. The third-order valence-electron chi connectivity index (χ3n) is 3.92. The van der Waals surface area contributed by atoms with Crippen LogP contribution in [-0.2, 0) is 16.0 Å². The smallest absolute Gasteiger partial charge is 0.235 e. The highest BCUT2D eigenvalue weighted by atomic mass is 16.5. The first-order valence-electron chi connectivity index (χ1n) is 7.31. The second-order valence-corrected chi connectivity index (χ2v) is 5.26. The van der Waals surface area contributed by atoms with Crippen LogP contribution in [0.1, 0.15) is 11.1 Å². The number of aliphatic imine (C=N–C) groups is 1. The van der Waals surface area contributed by atoms with Crippen LogP contribution in [0, 0.1) is 0 Å². The molecular weight excluding hydrogens is 290 g/mol. The van der Waals surface area contributed by atoms with Gasteiger partial charge in [0.2, 0.25) is 6.08 Å². The molecule has 1 unspecified atom stereocenters. The van der Waals surface area contributed by atoms with Gasteiger partial charge in [-0.15, -0.1) is 0 Å². The molecule has 0 saturated carbocycles. The third kappa shape index (κ3) is 2.85. The Kier molecular flexibility index (Phi) is 4.18. The van der Waals surface area contributed by atoms with Crippen LogP contribution >= 0.6 is 0 Å². The number of isocyanates is 1. The number of carbonyl (C=O) groups is 1. The summed E-state index contributed by atoms with van der Waals surface area (Å²) >= 11 is 0. The highest BCUT2D eigenvalue weighted by molar-refractivity contribution is 5.93. The molecule has 0 fully saturated rings. The van der Waals surface area contributed by atoms with Crippen LogP contribution < -0.4 is 4.74 Å². The van der Waals surface area contributed by atoms with Crippen LogP contribution in [0.3, 0.4) is 0 Å². The molecule has 0 heterocycles. The van der Waals surface area contributed by atoms with Crippen molar-refractivity contribution in [1.82, 2.24) is 0 Å². The first kappa shape index (κ1) is 14.9. The quantitative estimate of drug-likeness (QED) is 0.399. The lowest BCUT2D eigenvalue weighted by atomic mass is 10.1. The van der Waals surface area contributed by atoms with Crippen LogP contribution in [0.2, 0.25) is 0 Å². The molecule has 3 rings (SSSR count). The van der Waals surface area contributed by atoms with Gasteiger partial charge in [0.05, 0.1) is 6.54 Å². The summed E-state index contributed by atoms with van der Waals surface area (Å²) in [7, 11) is 0. The Balaban J connectivity index is 1.94. The van der Waals surface area contributed by atoms with Gasteiger partial charge in [-0.1, -0.05) is 43.0 Å². The molecule has 0 saturated heterocycles. The minimum absolute atomic E-state index is 0.0645. The van der Waals surface area contributed by atoms with Gasteiger partial charge in [-0.25, -0.2) is 9.79 Å². The zero-order valence-corrected chi connectivity index (χ0v) is 12.5. The summed E-state index contributed by atoms with van der Waals surface area (Å²) < 4.78 is 5.85. The zero-order valence-electron chi connectivity index (χ0n) is 12.5. The highest BCUT2D eigenvalue weighted by Gasteiger charge is 2.24. The second kappa shape index (κ2) is 6.42. The number of ether oxygens (including phenoxy) is 1. The average Bonchev–Trinajstić information content (AvgIpc) is 2.97. The van der Waals surface area contributed by atoms with Crippen LogP contribution in [0.25, 0.3) is 11.1 Å². The summed E-state index contributed by atoms with van der Waals surface area (Å²) in [5.74, 6) is 0.331. The van der Waals surface area contributed by atoms with E-state index in [0.717, 1.165) is 17.5 Å². The molecule has 0 aliphatic heterocycles. The van der Waals surface area contributed by atoms with Gasteiger partial charge in [-0.2, -0.15) is 0 Å². The van der Waals surface area contributed by atoms with Crippen molar-refractivity contribution in [3.63, 3.8) is 0 Å². The monoisotopic (exact) mass is 305 g/mol. The summed E-state index contributed by atoms with van der Waals surface area (Å²) in [5, 5.41) is 0. The molecule has 4 heteroatoms. The molecular formula is C19H15NO3. The van der Waals surface area contributed by atoms with Crippen LogP contribution in [-0.4, -0.2) is 24.5 Å². The van der Waals surface area contributed by atoms with Crippen molar-refractivity contribution < 1.29 is 14.3 Å². The lowest BCUT2D eigenvalue weighted by Crippen LogP contribution is -2.29. The molecule has 0 N–H and O–H groups in total. The molecule has 1 aliphatic carbocycles. The predicted octanol–water partition coefficient (Wildman–Crippen LogP) is 3.10. The van der Waals surface area contributed by atoms with Crippen molar-refractivity contribution in [2.24, 2.45) is 4.99 Å². The van der Waals surface area contributed by atoms with E-state index in [4.69, 9.17) is 4.74 Å². The molecule has 0 bridgehead atoms. The van der Waals surface area contributed by atoms with Gasteiger partial charge in [0.1, 0.15) is 5.75 Å². The standard InChI is InChI=1S/C19H15NO3/c1-2-17(22)19(11-20-12-21)23-18-9-5-8-15-14-7-4-3-6-13(14)10-16(15)18/h2-9,19H,1,10-11H2. The minimum atomic E-state index is -0.857. The third-order valence-corrected chi connectivity index (χ3v) is 3.92. The van der Waals surface area contributed by atoms with Gasteiger partial charge in [0, 0.05) is 12.0 Å². The normalized spacial score (nSPS) is 12.5. The van der Waals surface area contributed by atoms with E-state index in [2.05, 4.69) is 23.7 Å². The SMILES string of the molecule is C=CC(=O)C(CN=C=O)Oc1cccc2c1Cc1ccccc1-2. The molecule has 2 aromatic carbocycles. The van der Waals surface area contributed by atoms with E-state index in [9.17, 15) is 9.59 Å². The zero-order chi connectivity index (χ0) is 16.2. The lowest BCUT2D eigenvalue weighted by Gasteiger charge is -2.17. The Hall–Kier alpha value is -2.97. The van der Waals surface area contributed by atoms with Crippen molar-refractivity contribution in [3.05, 3.63) is 66.2 Å². The molecule has 1 aliphatic rings. The molecule has 23 heavy (non-hydrogen) atoms. The Labute approximate surface area is 134 Å². The molecule has 0 radical (unpaired) electrons. The summed E-state index contributed by atoms with van der Waals surface area (Å²) in [6, 6.07) is 13.9. The summed E-state index contributed by atoms with van der Waals surface area (Å²) in [4.78, 5) is 25.7. The van der Waals surface area contributed by atoms with E-state index >= 15 is 0 Å². The summed E-state index contributed by atoms with van der Waals surface area (Å²) in [6.45, 7) is 3.40. The van der Waals surface area contributed by atoms with Crippen molar-refractivity contribution in [3.8, 4) is 16.9 Å². The fourth-order valence-electron chi connectivity index (χ4n) is 2.83. The number of hydrogen-bond acceptors (Lipinski definition) is 4. The minimum Gasteiger partial charge on any atom is -0.480 e. The molecule has 0 aromatic heterocycles. The van der Waals surface area contributed by atoms with E-state index < -0.39 is 6.10 Å². The van der Waals surface area contributed by atoms with Crippen molar-refractivity contribution in [2.75, 3.05) is 6.54 Å². The first-order chi connectivity index (χ1) is 11.2. The number of rotatable bonds is 6. The lowest BCUT2D eigenvalue weighted by molar-refractivity contribution is -0.120. The van der Waals surface area contributed by atoms with Gasteiger partial charge in [0.15, 0.2) is 11.9 Å². The van der Waals surface area contributed by atoms with Gasteiger partial charge in [-0.05, 0) is 28.8 Å². The van der Waals surface area contributed by atoms with Gasteiger partial charge < -0.3 is 4.74 Å². The van der Waals surface area contributed by atoms with Crippen LogP contribution in [0.5, 0.6) is 5.75 Å². The fraction of sp³-hybridized carbons (Fsp3) is 0.158. The van der Waals surface area contributed by atoms with Crippen molar-refractivity contribution in [2.45, 2.75) is 12.5 Å². The molecule has 2 aromatic rings. The van der Waals surface area contributed by atoms with E-state index in [1.54, 1.807) is 0 Å². The highest BCUT2D eigenvalue weighted by Crippen LogP contribution is 2.41. The number of benzene rings is 2. The van der Waals surface area contributed by atoms with Gasteiger partial charge in [0.25, 0.3) is 0 Å². The average molecular weight is 305 g/mol. The molecule has 114 valence electrons. The number of nitrogens with zero attached hydrogens (tertiary/aromatic N) is 1. The topological polar surface area (TPSA) is 55.7 Å². The number of ketones is 1. The second-order valence-electron chi connectivity index (χ2n) is 5.26. The summed E-state index contributed by atoms with van der Waals surface area (Å²) in [5.41, 5.74) is 4.58. The van der Waals surface area contributed by atoms with E-state index in [0.29, 0.717) is 5.75 Å².